The fourth-order valence-electron chi connectivity index (χ4n) is 3.32. The van der Waals surface area contributed by atoms with Gasteiger partial charge in [0.15, 0.2) is 0 Å². The molecule has 1 atom stereocenters. The maximum Gasteiger partial charge on any atom is 0.206 e. The van der Waals surface area contributed by atoms with Crippen LogP contribution in [0, 0.1) is 6.92 Å². The van der Waals surface area contributed by atoms with E-state index in [0.717, 1.165) is 5.56 Å². The van der Waals surface area contributed by atoms with E-state index in [-0.39, 0.29) is 5.92 Å². The number of hydrogen-bond donors (Lipinski definition) is 0. The fraction of sp³-hybridized carbons (Fsp3) is 0.263. The Balaban J connectivity index is 1.86. The number of aryl methyl sites for hydroxylation is 1. The summed E-state index contributed by atoms with van der Waals surface area (Å²) >= 11 is 0. The molecule has 1 fully saturated rings. The Morgan fingerprint density at radius 1 is 0.952 bits per heavy atom. The predicted octanol–water partition coefficient (Wildman–Crippen LogP) is 4.01. The summed E-state index contributed by atoms with van der Waals surface area (Å²) in [5, 5.41) is 0. The summed E-state index contributed by atoms with van der Waals surface area (Å²) in [7, 11) is 0. The topological polar surface area (TPSA) is 18.5 Å². The summed E-state index contributed by atoms with van der Waals surface area (Å²) in [4.78, 5) is 0. The molecule has 106 valence electrons. The van der Waals surface area contributed by atoms with Gasteiger partial charge in [0.1, 0.15) is 0 Å². The first kappa shape index (κ1) is 12.8. The molecule has 0 N–H and O–H groups in total. The van der Waals surface area contributed by atoms with Gasteiger partial charge in [-0.15, -0.1) is 0 Å². The quantitative estimate of drug-likeness (QED) is 0.785. The van der Waals surface area contributed by atoms with Gasteiger partial charge in [0.2, 0.25) is 5.79 Å². The van der Waals surface area contributed by atoms with E-state index in [2.05, 4.69) is 67.6 Å². The van der Waals surface area contributed by atoms with Crippen LogP contribution in [0.4, 0.5) is 0 Å². The molecular formula is C19H18O2. The van der Waals surface area contributed by atoms with E-state index >= 15 is 0 Å². The van der Waals surface area contributed by atoms with Gasteiger partial charge >= 0.3 is 0 Å². The van der Waals surface area contributed by atoms with Crippen molar-refractivity contribution >= 4 is 6.08 Å². The second-order valence-corrected chi connectivity index (χ2v) is 5.70. The van der Waals surface area contributed by atoms with Gasteiger partial charge in [0.25, 0.3) is 0 Å². The second kappa shape index (κ2) is 4.83. The Bertz CT molecular complexity index is 679. The average Bonchev–Trinajstić information content (AvgIpc) is 2.99. The molecule has 4 rings (SSSR count). The number of benzene rings is 2. The van der Waals surface area contributed by atoms with Crippen molar-refractivity contribution in [1.82, 2.24) is 0 Å². The summed E-state index contributed by atoms with van der Waals surface area (Å²) in [6.45, 7) is 3.39. The summed E-state index contributed by atoms with van der Waals surface area (Å²) < 4.78 is 12.3. The highest BCUT2D eigenvalue weighted by Gasteiger charge is 2.48. The first-order valence-corrected chi connectivity index (χ1v) is 7.42. The molecule has 1 saturated heterocycles. The van der Waals surface area contributed by atoms with Gasteiger partial charge in [0.05, 0.1) is 19.1 Å². The van der Waals surface area contributed by atoms with Gasteiger partial charge in [-0.25, -0.2) is 0 Å². The largest absolute Gasteiger partial charge is 0.343 e. The van der Waals surface area contributed by atoms with Gasteiger partial charge in [-0.2, -0.15) is 0 Å². The van der Waals surface area contributed by atoms with Gasteiger partial charge in [-0.05, 0) is 18.1 Å². The zero-order valence-corrected chi connectivity index (χ0v) is 12.1. The predicted molar refractivity (Wildman–Crippen MR) is 83.0 cm³/mol. The lowest BCUT2D eigenvalue weighted by Crippen LogP contribution is -2.36. The van der Waals surface area contributed by atoms with Crippen molar-refractivity contribution in [3.63, 3.8) is 0 Å². The van der Waals surface area contributed by atoms with E-state index in [0.29, 0.717) is 13.2 Å². The van der Waals surface area contributed by atoms with Gasteiger partial charge in [0, 0.05) is 5.56 Å². The van der Waals surface area contributed by atoms with Gasteiger partial charge in [-0.3, -0.25) is 0 Å². The highest BCUT2D eigenvalue weighted by molar-refractivity contribution is 5.61. The second-order valence-electron chi connectivity index (χ2n) is 5.70. The molecule has 0 aromatic heterocycles. The lowest BCUT2D eigenvalue weighted by Gasteiger charge is -2.38. The standard InChI is InChI=1S/C19H18O2/c1-14-6-8-16(9-7-14)18-11-10-15-4-2-3-5-17(15)19(18)20-12-13-21-19/h2-11,18H,12-13H2,1H3. The van der Waals surface area contributed by atoms with Crippen molar-refractivity contribution in [2.24, 2.45) is 0 Å². The number of rotatable bonds is 1. The Hall–Kier alpha value is -1.90. The first-order chi connectivity index (χ1) is 10.3. The maximum atomic E-state index is 6.13. The minimum absolute atomic E-state index is 0.0931. The van der Waals surface area contributed by atoms with Crippen LogP contribution in [0.15, 0.2) is 54.6 Å². The monoisotopic (exact) mass is 278 g/mol. The van der Waals surface area contributed by atoms with Crippen LogP contribution in [0.3, 0.4) is 0 Å². The molecule has 1 unspecified atom stereocenters. The molecule has 0 amide bonds. The van der Waals surface area contributed by atoms with Crippen LogP contribution < -0.4 is 0 Å². The Morgan fingerprint density at radius 3 is 2.43 bits per heavy atom. The molecule has 0 bridgehead atoms. The van der Waals surface area contributed by atoms with Gasteiger partial charge in [-0.1, -0.05) is 66.2 Å². The van der Waals surface area contributed by atoms with Crippen molar-refractivity contribution in [3.05, 3.63) is 76.9 Å². The lowest BCUT2D eigenvalue weighted by molar-refractivity contribution is -0.176. The lowest BCUT2D eigenvalue weighted by atomic mass is 9.79. The molecule has 1 heterocycles. The normalized spacial score (nSPS) is 22.4. The van der Waals surface area contributed by atoms with Crippen LogP contribution in [-0.2, 0) is 15.3 Å². The van der Waals surface area contributed by atoms with Crippen LogP contribution in [0.2, 0.25) is 0 Å². The minimum Gasteiger partial charge on any atom is -0.343 e. The number of hydrogen-bond acceptors (Lipinski definition) is 2. The van der Waals surface area contributed by atoms with Crippen molar-refractivity contribution < 1.29 is 9.47 Å². The number of fused-ring (bicyclic) bond motifs is 2. The van der Waals surface area contributed by atoms with Crippen LogP contribution in [0.5, 0.6) is 0 Å². The summed E-state index contributed by atoms with van der Waals surface area (Å²) in [5.74, 6) is -0.573. The average molecular weight is 278 g/mol. The third-order valence-electron chi connectivity index (χ3n) is 4.37. The van der Waals surface area contributed by atoms with E-state index in [4.69, 9.17) is 9.47 Å². The molecular weight excluding hydrogens is 260 g/mol. The smallest absolute Gasteiger partial charge is 0.206 e. The highest BCUT2D eigenvalue weighted by Crippen LogP contribution is 2.49. The SMILES string of the molecule is Cc1ccc(C2C=Cc3ccccc3C23OCCO3)cc1. The maximum absolute atomic E-state index is 6.13. The first-order valence-electron chi connectivity index (χ1n) is 7.42. The molecule has 2 heteroatoms. The molecule has 2 nitrogen and oxygen atoms in total. The van der Waals surface area contributed by atoms with Crippen LogP contribution in [0.25, 0.3) is 6.08 Å². The highest BCUT2D eigenvalue weighted by atomic mass is 16.7. The summed E-state index contributed by atoms with van der Waals surface area (Å²) in [6, 6.07) is 17.0. The van der Waals surface area contributed by atoms with Crippen molar-refractivity contribution in [2.75, 3.05) is 13.2 Å². The Labute approximate surface area is 125 Å². The van der Waals surface area contributed by atoms with Crippen LogP contribution in [-0.4, -0.2) is 13.2 Å². The molecule has 0 saturated carbocycles. The van der Waals surface area contributed by atoms with Crippen LogP contribution in [0.1, 0.15) is 28.2 Å². The van der Waals surface area contributed by atoms with E-state index < -0.39 is 5.79 Å². The van der Waals surface area contributed by atoms with E-state index in [1.165, 1.54) is 16.7 Å². The Kier molecular flexibility index (Phi) is 2.95. The molecule has 2 aromatic rings. The molecule has 2 aliphatic rings. The minimum atomic E-state index is -0.666. The van der Waals surface area contributed by atoms with Crippen molar-refractivity contribution in [2.45, 2.75) is 18.6 Å². The van der Waals surface area contributed by atoms with Gasteiger partial charge < -0.3 is 9.47 Å². The van der Waals surface area contributed by atoms with Crippen molar-refractivity contribution in [1.29, 1.82) is 0 Å². The molecule has 1 aliphatic heterocycles. The van der Waals surface area contributed by atoms with E-state index in [9.17, 15) is 0 Å². The Morgan fingerprint density at radius 2 is 1.67 bits per heavy atom. The number of ether oxygens (including phenoxy) is 2. The summed E-state index contributed by atoms with van der Waals surface area (Å²) in [5.41, 5.74) is 4.81. The molecule has 2 aromatic carbocycles. The van der Waals surface area contributed by atoms with Crippen molar-refractivity contribution in [3.8, 4) is 0 Å². The third kappa shape index (κ3) is 1.95. The van der Waals surface area contributed by atoms with Crippen LogP contribution >= 0.6 is 0 Å². The fourth-order valence-corrected chi connectivity index (χ4v) is 3.32. The molecule has 0 radical (unpaired) electrons. The van der Waals surface area contributed by atoms with E-state index in [1.807, 2.05) is 0 Å². The summed E-state index contributed by atoms with van der Waals surface area (Å²) in [6.07, 6.45) is 4.38. The third-order valence-corrected chi connectivity index (χ3v) is 4.37. The molecule has 1 aliphatic carbocycles. The molecule has 21 heavy (non-hydrogen) atoms. The molecule has 1 spiro atoms. The van der Waals surface area contributed by atoms with E-state index in [1.54, 1.807) is 0 Å². The zero-order chi connectivity index (χ0) is 14.3. The zero-order valence-electron chi connectivity index (χ0n) is 12.1.